The van der Waals surface area contributed by atoms with Gasteiger partial charge in [0.15, 0.2) is 0 Å². The number of nitrogens with two attached hydrogens (primary N) is 1. The second kappa shape index (κ2) is 12.2. The predicted molar refractivity (Wildman–Crippen MR) is 100 cm³/mol. The van der Waals surface area contributed by atoms with Gasteiger partial charge in [-0.1, -0.05) is 19.9 Å². The average molecular weight is 322 g/mol. The van der Waals surface area contributed by atoms with Gasteiger partial charge in [-0.3, -0.25) is 0 Å². The van der Waals surface area contributed by atoms with Crippen LogP contribution in [-0.4, -0.2) is 44.2 Å². The van der Waals surface area contributed by atoms with Gasteiger partial charge in [0.05, 0.1) is 12.3 Å². The number of nitrogens with one attached hydrogen (secondary N) is 1. The fourth-order valence-electron chi connectivity index (χ4n) is 2.71. The standard InChI is InChI=1S/C19H35N3O/c1-4-22(5-2)15-8-7-13-21-14-9-10-17-11-12-19(23-6-3)18(20)16-17/h11-12,16,21H,4-10,13-15,20H2,1-3H3. The van der Waals surface area contributed by atoms with Gasteiger partial charge in [-0.05, 0) is 83.0 Å². The molecule has 1 aromatic rings. The zero-order valence-corrected chi connectivity index (χ0v) is 15.2. The molecule has 0 aliphatic carbocycles. The molecule has 0 aliphatic rings. The molecule has 0 bridgehead atoms. The van der Waals surface area contributed by atoms with E-state index in [9.17, 15) is 0 Å². The maximum absolute atomic E-state index is 6.00. The zero-order chi connectivity index (χ0) is 16.9. The van der Waals surface area contributed by atoms with Crippen LogP contribution in [0, 0.1) is 0 Å². The lowest BCUT2D eigenvalue weighted by molar-refractivity contribution is 0.296. The quantitative estimate of drug-likeness (QED) is 0.432. The number of anilines is 1. The van der Waals surface area contributed by atoms with Crippen LogP contribution < -0.4 is 15.8 Å². The van der Waals surface area contributed by atoms with Crippen LogP contribution in [0.1, 0.15) is 45.6 Å². The van der Waals surface area contributed by atoms with Crippen LogP contribution in [0.3, 0.4) is 0 Å². The van der Waals surface area contributed by atoms with E-state index < -0.39 is 0 Å². The van der Waals surface area contributed by atoms with Crippen LogP contribution in [0.4, 0.5) is 5.69 Å². The summed E-state index contributed by atoms with van der Waals surface area (Å²) in [5.41, 5.74) is 8.03. The number of ether oxygens (including phenoxy) is 1. The number of hydrogen-bond acceptors (Lipinski definition) is 4. The highest BCUT2D eigenvalue weighted by Crippen LogP contribution is 2.22. The first-order chi connectivity index (χ1) is 11.2. The van der Waals surface area contributed by atoms with Crippen molar-refractivity contribution in [3.8, 4) is 5.75 Å². The Hall–Kier alpha value is -1.26. The molecule has 0 spiro atoms. The van der Waals surface area contributed by atoms with Crippen molar-refractivity contribution in [2.24, 2.45) is 0 Å². The van der Waals surface area contributed by atoms with Crippen molar-refractivity contribution >= 4 is 5.69 Å². The molecule has 3 N–H and O–H groups in total. The summed E-state index contributed by atoms with van der Waals surface area (Å²) in [5.74, 6) is 0.794. The maximum Gasteiger partial charge on any atom is 0.142 e. The molecular formula is C19H35N3O. The van der Waals surface area contributed by atoms with Crippen LogP contribution in [0.25, 0.3) is 0 Å². The van der Waals surface area contributed by atoms with Crippen LogP contribution in [0.15, 0.2) is 18.2 Å². The fraction of sp³-hybridized carbons (Fsp3) is 0.684. The van der Waals surface area contributed by atoms with E-state index in [4.69, 9.17) is 10.5 Å². The summed E-state index contributed by atoms with van der Waals surface area (Å²) in [6.07, 6.45) is 4.74. The monoisotopic (exact) mass is 321 g/mol. The van der Waals surface area contributed by atoms with Crippen molar-refractivity contribution < 1.29 is 4.74 Å². The van der Waals surface area contributed by atoms with E-state index in [1.54, 1.807) is 0 Å². The van der Waals surface area contributed by atoms with Crippen LogP contribution in [0.2, 0.25) is 0 Å². The Bertz CT molecular complexity index is 419. The molecule has 0 fully saturated rings. The van der Waals surface area contributed by atoms with E-state index in [0.29, 0.717) is 6.61 Å². The van der Waals surface area contributed by atoms with Crippen molar-refractivity contribution in [3.63, 3.8) is 0 Å². The number of aryl methyl sites for hydroxylation is 1. The van der Waals surface area contributed by atoms with Gasteiger partial charge in [0, 0.05) is 0 Å². The number of unbranched alkanes of at least 4 members (excludes halogenated alkanes) is 1. The molecule has 0 saturated carbocycles. The van der Waals surface area contributed by atoms with Crippen LogP contribution >= 0.6 is 0 Å². The highest BCUT2D eigenvalue weighted by molar-refractivity contribution is 5.54. The smallest absolute Gasteiger partial charge is 0.142 e. The zero-order valence-electron chi connectivity index (χ0n) is 15.2. The summed E-state index contributed by atoms with van der Waals surface area (Å²) in [5, 5.41) is 3.54. The van der Waals surface area contributed by atoms with Gasteiger partial charge in [-0.15, -0.1) is 0 Å². The van der Waals surface area contributed by atoms with Gasteiger partial charge in [0.25, 0.3) is 0 Å². The number of benzene rings is 1. The highest BCUT2D eigenvalue weighted by atomic mass is 16.5. The van der Waals surface area contributed by atoms with E-state index in [1.165, 1.54) is 24.9 Å². The second-order valence-corrected chi connectivity index (χ2v) is 5.89. The van der Waals surface area contributed by atoms with E-state index >= 15 is 0 Å². The Labute approximate surface area is 142 Å². The molecule has 0 aromatic heterocycles. The molecule has 0 aliphatic heterocycles. The number of rotatable bonds is 13. The van der Waals surface area contributed by atoms with Crippen molar-refractivity contribution in [2.45, 2.75) is 46.5 Å². The molecular weight excluding hydrogens is 286 g/mol. The Kier molecular flexibility index (Phi) is 10.5. The first kappa shape index (κ1) is 19.8. The lowest BCUT2D eigenvalue weighted by atomic mass is 10.1. The molecule has 0 unspecified atom stereocenters. The lowest BCUT2D eigenvalue weighted by Gasteiger charge is -2.17. The Morgan fingerprint density at radius 1 is 1.04 bits per heavy atom. The molecule has 1 rings (SSSR count). The first-order valence-electron chi connectivity index (χ1n) is 9.15. The summed E-state index contributed by atoms with van der Waals surface area (Å²) in [7, 11) is 0. The molecule has 4 nitrogen and oxygen atoms in total. The Balaban J connectivity index is 2.08. The maximum atomic E-state index is 6.00. The van der Waals surface area contributed by atoms with E-state index in [2.05, 4.69) is 30.1 Å². The van der Waals surface area contributed by atoms with E-state index in [-0.39, 0.29) is 0 Å². The van der Waals surface area contributed by atoms with Gasteiger partial charge in [0.2, 0.25) is 0 Å². The topological polar surface area (TPSA) is 50.5 Å². The summed E-state index contributed by atoms with van der Waals surface area (Å²) >= 11 is 0. The minimum atomic E-state index is 0.655. The molecule has 0 saturated heterocycles. The van der Waals surface area contributed by atoms with E-state index in [0.717, 1.165) is 50.5 Å². The molecule has 4 heteroatoms. The lowest BCUT2D eigenvalue weighted by Crippen LogP contribution is -2.25. The third-order valence-corrected chi connectivity index (χ3v) is 4.17. The molecule has 132 valence electrons. The summed E-state index contributed by atoms with van der Waals surface area (Å²) < 4.78 is 5.46. The summed E-state index contributed by atoms with van der Waals surface area (Å²) in [6.45, 7) is 12.8. The predicted octanol–water partition coefficient (Wildman–Crippen LogP) is 3.31. The third kappa shape index (κ3) is 8.24. The SMILES string of the molecule is CCOc1ccc(CCCNCCCCN(CC)CC)cc1N. The normalized spacial score (nSPS) is 11.1. The molecule has 1 aromatic carbocycles. The largest absolute Gasteiger partial charge is 0.492 e. The fourth-order valence-corrected chi connectivity index (χ4v) is 2.71. The first-order valence-corrected chi connectivity index (χ1v) is 9.15. The molecule has 23 heavy (non-hydrogen) atoms. The van der Waals surface area contributed by atoms with Gasteiger partial charge >= 0.3 is 0 Å². The molecule has 0 atom stereocenters. The summed E-state index contributed by atoms with van der Waals surface area (Å²) in [6, 6.07) is 6.13. The van der Waals surface area contributed by atoms with Gasteiger partial charge in [-0.25, -0.2) is 0 Å². The highest BCUT2D eigenvalue weighted by Gasteiger charge is 2.02. The summed E-state index contributed by atoms with van der Waals surface area (Å²) in [4.78, 5) is 2.48. The minimum Gasteiger partial charge on any atom is -0.492 e. The van der Waals surface area contributed by atoms with Gasteiger partial charge < -0.3 is 20.7 Å². The Morgan fingerprint density at radius 3 is 2.43 bits per heavy atom. The van der Waals surface area contributed by atoms with Gasteiger partial charge in [-0.2, -0.15) is 0 Å². The number of hydrogen-bond donors (Lipinski definition) is 2. The van der Waals surface area contributed by atoms with Crippen molar-refractivity contribution in [1.82, 2.24) is 10.2 Å². The number of nitrogens with zero attached hydrogens (tertiary/aromatic N) is 1. The van der Waals surface area contributed by atoms with E-state index in [1.807, 2.05) is 19.1 Å². The molecule has 0 amide bonds. The molecule has 0 radical (unpaired) electrons. The third-order valence-electron chi connectivity index (χ3n) is 4.17. The Morgan fingerprint density at radius 2 is 1.78 bits per heavy atom. The second-order valence-electron chi connectivity index (χ2n) is 5.89. The number of nitrogen functional groups attached to an aromatic ring is 1. The van der Waals surface area contributed by atoms with Crippen molar-refractivity contribution in [1.29, 1.82) is 0 Å². The minimum absolute atomic E-state index is 0.655. The van der Waals surface area contributed by atoms with Crippen LogP contribution in [0.5, 0.6) is 5.75 Å². The van der Waals surface area contributed by atoms with Crippen molar-refractivity contribution in [2.75, 3.05) is 45.1 Å². The van der Waals surface area contributed by atoms with Gasteiger partial charge in [0.1, 0.15) is 5.75 Å². The molecule has 0 heterocycles. The van der Waals surface area contributed by atoms with Crippen LogP contribution in [-0.2, 0) is 6.42 Å². The van der Waals surface area contributed by atoms with Crippen molar-refractivity contribution in [3.05, 3.63) is 23.8 Å². The average Bonchev–Trinajstić information content (AvgIpc) is 2.56.